The first-order chi connectivity index (χ1) is 26.7. The summed E-state index contributed by atoms with van der Waals surface area (Å²) < 4.78 is 0.773. The van der Waals surface area contributed by atoms with Crippen LogP contribution in [0.25, 0.3) is 5.70 Å². The molecule has 4 fully saturated rings. The molecule has 2 aromatic heterocycles. The monoisotopic (exact) mass is 831 g/mol. The molecule has 5 aliphatic rings. The van der Waals surface area contributed by atoms with Crippen molar-refractivity contribution in [1.29, 1.82) is 0 Å². The molecule has 2 bridgehead atoms. The summed E-state index contributed by atoms with van der Waals surface area (Å²) in [5.74, 6) is -5.48. The number of nitrogens with one attached hydrogen (secondary N) is 2. The Bertz CT molecular complexity index is 2140. The molecule has 2 amide bonds. The van der Waals surface area contributed by atoms with Crippen molar-refractivity contribution in [2.24, 2.45) is 16.5 Å². The number of hydrogen-bond acceptors (Lipinski definition) is 16. The van der Waals surface area contributed by atoms with E-state index in [-0.39, 0.29) is 50.7 Å². The quantitative estimate of drug-likeness (QED) is 0.0373. The van der Waals surface area contributed by atoms with Gasteiger partial charge in [-0.25, -0.2) is 9.78 Å². The summed E-state index contributed by atoms with van der Waals surface area (Å²) in [5.41, 5.74) is 6.83. The lowest BCUT2D eigenvalue weighted by Crippen LogP contribution is -2.65. The van der Waals surface area contributed by atoms with Gasteiger partial charge in [-0.3, -0.25) is 24.1 Å². The Balaban J connectivity index is 1.04. The highest BCUT2D eigenvalue weighted by molar-refractivity contribution is 8.00. The van der Waals surface area contributed by atoms with Gasteiger partial charge in [-0.2, -0.15) is 5.21 Å². The number of halogens is 1. The van der Waals surface area contributed by atoms with E-state index in [0.29, 0.717) is 24.5 Å². The van der Waals surface area contributed by atoms with Crippen LogP contribution < -0.4 is 11.1 Å². The van der Waals surface area contributed by atoms with Gasteiger partial charge in [0.1, 0.15) is 12.2 Å². The van der Waals surface area contributed by atoms with E-state index in [0.717, 1.165) is 60.3 Å². The number of ketones is 1. The van der Waals surface area contributed by atoms with Crippen LogP contribution in [0.1, 0.15) is 54.0 Å². The summed E-state index contributed by atoms with van der Waals surface area (Å²) >= 11 is 8.61. The second kappa shape index (κ2) is 15.3. The van der Waals surface area contributed by atoms with Crippen LogP contribution in [-0.2, 0) is 24.0 Å². The van der Waals surface area contributed by atoms with Gasteiger partial charge in [-0.1, -0.05) is 16.8 Å². The molecule has 4 saturated heterocycles. The Morgan fingerprint density at radius 1 is 1.18 bits per heavy atom. The number of hydrogen-bond donors (Lipinski definition) is 7. The highest BCUT2D eigenvalue weighted by Gasteiger charge is 2.55. The van der Waals surface area contributed by atoms with E-state index in [9.17, 15) is 39.3 Å². The lowest BCUT2D eigenvalue weighted by molar-refractivity contribution is -0.941. The van der Waals surface area contributed by atoms with Crippen molar-refractivity contribution in [1.82, 2.24) is 35.8 Å². The van der Waals surface area contributed by atoms with Gasteiger partial charge in [0.15, 0.2) is 28.1 Å². The van der Waals surface area contributed by atoms with Crippen LogP contribution in [0.4, 0.5) is 5.13 Å². The molecule has 3 aromatic rings. The highest BCUT2D eigenvalue weighted by Crippen LogP contribution is 2.50. The minimum atomic E-state index is -1.88. The molecular formula is C33H36ClN10O10S2+. The van der Waals surface area contributed by atoms with E-state index in [2.05, 4.69) is 36.1 Å². The number of phenols is 2. The summed E-state index contributed by atoms with van der Waals surface area (Å²) in [7, 11) is 0. The Hall–Kier alpha value is -5.32. The lowest BCUT2D eigenvalue weighted by atomic mass is 9.70. The maximum absolute atomic E-state index is 13.9. The van der Waals surface area contributed by atoms with Crippen LogP contribution >= 0.6 is 34.7 Å². The zero-order valence-electron chi connectivity index (χ0n) is 29.4. The number of quaternary nitrogens is 1. The van der Waals surface area contributed by atoms with Gasteiger partial charge in [0.25, 0.3) is 5.91 Å². The SMILES string of the molecule is Nc1nc(/C(=N/O[C@@H](CC(=O)O)C(=O)O)C(=O)C[C@@H]2C(=O)N3C(c4nn[nH]n4)=C(C[N+]45CCC(CNC(=O)c6ccc(O)c(O)c6Cl)(CC4)CC5)CS[C@H]23)cs1. The number of nitrogens with zero attached hydrogens (tertiary/aromatic N) is 7. The number of aromatic nitrogens is 5. The molecule has 8 N–H and O–H groups in total. The van der Waals surface area contributed by atoms with Crippen molar-refractivity contribution in [3.8, 4) is 11.5 Å². The van der Waals surface area contributed by atoms with Crippen molar-refractivity contribution in [2.45, 2.75) is 43.6 Å². The Kier molecular flexibility index (Phi) is 10.6. The summed E-state index contributed by atoms with van der Waals surface area (Å²) in [6.45, 7) is 3.55. The smallest absolute Gasteiger partial charge is 0.348 e. The van der Waals surface area contributed by atoms with Crippen molar-refractivity contribution >= 4 is 80.8 Å². The molecular weight excluding hydrogens is 796 g/mol. The van der Waals surface area contributed by atoms with Gasteiger partial charge in [-0.15, -0.1) is 33.3 Å². The molecule has 56 heavy (non-hydrogen) atoms. The van der Waals surface area contributed by atoms with E-state index < -0.39 is 58.9 Å². The number of aliphatic carboxylic acids is 2. The molecule has 3 atom stereocenters. The Labute approximate surface area is 330 Å². The van der Waals surface area contributed by atoms with Gasteiger partial charge in [0.2, 0.25) is 17.8 Å². The Morgan fingerprint density at radius 2 is 1.91 bits per heavy atom. The van der Waals surface area contributed by atoms with Crippen LogP contribution in [-0.4, -0.2) is 141 Å². The van der Waals surface area contributed by atoms with Crippen molar-refractivity contribution in [3.63, 3.8) is 0 Å². The maximum Gasteiger partial charge on any atom is 0.348 e. The number of nitrogens with two attached hydrogens (primary N) is 1. The number of Topliss-reactive ketones (excluding diaryl/α,β-unsaturated/α-hetero) is 1. The van der Waals surface area contributed by atoms with Crippen LogP contribution in [0, 0.1) is 11.3 Å². The molecule has 1 aromatic carbocycles. The molecule has 20 nitrogen and oxygen atoms in total. The van der Waals surface area contributed by atoms with E-state index in [1.165, 1.54) is 29.3 Å². The number of phenolic OH excluding ortho intramolecular Hbond substituents is 2. The summed E-state index contributed by atoms with van der Waals surface area (Å²) in [4.78, 5) is 74.0. The number of carboxylic acid groups (broad SMARTS) is 2. The number of thioether (sulfide) groups is 1. The predicted octanol–water partition coefficient (Wildman–Crippen LogP) is 1.28. The third-order valence-electron chi connectivity index (χ3n) is 10.9. The molecule has 296 valence electrons. The van der Waals surface area contributed by atoms with Gasteiger partial charge >= 0.3 is 11.9 Å². The van der Waals surface area contributed by atoms with Gasteiger partial charge in [-0.05, 0) is 17.3 Å². The minimum Gasteiger partial charge on any atom is -0.504 e. The average Bonchev–Trinajstić information content (AvgIpc) is 3.87. The van der Waals surface area contributed by atoms with Crippen molar-refractivity contribution in [2.75, 3.05) is 44.2 Å². The fourth-order valence-electron chi connectivity index (χ4n) is 7.72. The van der Waals surface area contributed by atoms with Gasteiger partial charge < -0.3 is 40.8 Å². The lowest BCUT2D eigenvalue weighted by Gasteiger charge is -2.56. The number of anilines is 1. The first-order valence-corrected chi connectivity index (χ1v) is 19.7. The number of amides is 2. The Morgan fingerprint density at radius 3 is 2.54 bits per heavy atom. The first-order valence-electron chi connectivity index (χ1n) is 17.4. The molecule has 5 aliphatic heterocycles. The summed E-state index contributed by atoms with van der Waals surface area (Å²) in [6, 6.07) is 2.58. The van der Waals surface area contributed by atoms with Crippen LogP contribution in [0.15, 0.2) is 28.2 Å². The van der Waals surface area contributed by atoms with E-state index >= 15 is 0 Å². The number of benzene rings is 1. The summed E-state index contributed by atoms with van der Waals surface area (Å²) in [5, 5.41) is 60.3. The fraction of sp³-hybridized carbons (Fsp3) is 0.455. The first kappa shape index (κ1) is 38.9. The number of nitrogen functional groups attached to an aromatic ring is 1. The fourth-order valence-corrected chi connectivity index (χ4v) is 9.92. The van der Waals surface area contributed by atoms with Crippen molar-refractivity contribution < 1.29 is 53.7 Å². The number of aromatic amines is 1. The number of fused-ring (bicyclic) bond motifs is 4. The molecule has 0 aliphatic carbocycles. The number of oxime groups is 1. The average molecular weight is 832 g/mol. The number of tetrazole rings is 1. The molecule has 0 unspecified atom stereocenters. The maximum atomic E-state index is 13.9. The van der Waals surface area contributed by atoms with Gasteiger partial charge in [0.05, 0.1) is 53.6 Å². The van der Waals surface area contributed by atoms with Crippen LogP contribution in [0.5, 0.6) is 11.5 Å². The number of carbonyl (C=O) groups is 5. The molecule has 23 heteroatoms. The number of rotatable bonds is 15. The number of β-lactam (4-membered cyclic amide) rings is 1. The number of carboxylic acids is 2. The largest absolute Gasteiger partial charge is 0.504 e. The standard InChI is InChI=1S/C33H35ClN10O10S2/c34-23-16(1-2-19(45)26(23)49)28(50)36-14-33-3-6-44(7-4-33,8-5-33)11-15-12-55-30-17(29(51)43(30)25(15)27-38-41-42-39-27)9-20(46)24(18-13-56-32(35)37-18)40-54-21(31(52)53)10-22(47)48/h1-2,13,17,21,30H,3-12,14H2,(H7-,35,36,37,38,39,40,41,42,45,46,47,48,49,50,52,53)/p+1/t17-,21+,30-,33?,44?/m1/s1. The normalized spacial score (nSPS) is 25.0. The number of aromatic hydroxyl groups is 2. The second-order valence-corrected chi connectivity index (χ2v) is 16.6. The molecule has 7 heterocycles. The molecule has 0 spiro atoms. The number of H-pyrrole nitrogens is 1. The van der Waals surface area contributed by atoms with Crippen molar-refractivity contribution in [3.05, 3.63) is 45.2 Å². The number of piperidine rings is 3. The van der Waals surface area contributed by atoms with Crippen LogP contribution in [0.2, 0.25) is 5.02 Å². The van der Waals surface area contributed by atoms with E-state index in [4.69, 9.17) is 27.3 Å². The number of carbonyl (C=O) groups excluding carboxylic acids is 3. The zero-order valence-corrected chi connectivity index (χ0v) is 31.8. The topological polar surface area (TPSA) is 297 Å². The van der Waals surface area contributed by atoms with E-state index in [1.807, 2.05) is 0 Å². The summed E-state index contributed by atoms with van der Waals surface area (Å²) in [6.07, 6.45) is -0.578. The van der Waals surface area contributed by atoms with E-state index in [1.54, 1.807) is 4.90 Å². The predicted molar refractivity (Wildman–Crippen MR) is 198 cm³/mol. The third kappa shape index (κ3) is 7.47. The third-order valence-corrected chi connectivity index (χ3v) is 13.3. The zero-order chi connectivity index (χ0) is 39.9. The second-order valence-electron chi connectivity index (χ2n) is 14.3. The van der Waals surface area contributed by atoms with Gasteiger partial charge in [0, 0.05) is 54.3 Å². The van der Waals surface area contributed by atoms with Crippen LogP contribution in [0.3, 0.4) is 0 Å². The molecule has 8 rings (SSSR count). The molecule has 0 saturated carbocycles. The number of thiazole rings is 1. The highest BCUT2D eigenvalue weighted by atomic mass is 35.5. The minimum absolute atomic E-state index is 0.00280. The molecule has 0 radical (unpaired) electrons.